The van der Waals surface area contributed by atoms with E-state index in [1.165, 1.54) is 19.3 Å². The zero-order valence-corrected chi connectivity index (χ0v) is 7.60. The van der Waals surface area contributed by atoms with Crippen LogP contribution in [0.4, 0.5) is 0 Å². The Balaban J connectivity index is 2.38. The van der Waals surface area contributed by atoms with Crippen LogP contribution in [0.15, 0.2) is 0 Å². The average Bonchev–Trinajstić information content (AvgIpc) is 2.05. The van der Waals surface area contributed by atoms with Crippen LogP contribution in [0.1, 0.15) is 26.2 Å². The molecule has 1 atom stereocenters. The summed E-state index contributed by atoms with van der Waals surface area (Å²) in [6.07, 6.45) is 3.70. The molecule has 1 rings (SSSR count). The lowest BCUT2D eigenvalue weighted by Gasteiger charge is -2.29. The van der Waals surface area contributed by atoms with Gasteiger partial charge in [-0.05, 0) is 44.5 Å². The number of hydrogen-bond donors (Lipinski definition) is 0. The van der Waals surface area contributed by atoms with Crippen molar-refractivity contribution in [1.82, 2.24) is 4.90 Å². The Morgan fingerprint density at radius 2 is 1.91 bits per heavy atom. The Morgan fingerprint density at radius 1 is 1.36 bits per heavy atom. The zero-order chi connectivity index (χ0) is 8.27. The highest BCUT2D eigenvalue weighted by Gasteiger charge is 2.20. The van der Waals surface area contributed by atoms with Gasteiger partial charge in [0.15, 0.2) is 0 Å². The molecule has 1 heterocycles. The highest BCUT2D eigenvalue weighted by Crippen LogP contribution is 2.13. The van der Waals surface area contributed by atoms with E-state index in [1.54, 1.807) is 0 Å². The van der Waals surface area contributed by atoms with E-state index in [9.17, 15) is 4.79 Å². The van der Waals surface area contributed by atoms with Crippen LogP contribution in [0.2, 0.25) is 0 Å². The lowest BCUT2D eigenvalue weighted by Crippen LogP contribution is -2.40. The second-order valence-corrected chi connectivity index (χ2v) is 3.45. The van der Waals surface area contributed by atoms with Gasteiger partial charge in [0.25, 0.3) is 0 Å². The first-order chi connectivity index (χ1) is 5.22. The number of carbonyl (C=O) groups excluding carboxylic acids is 1. The van der Waals surface area contributed by atoms with Gasteiger partial charge in [0.05, 0.1) is 6.04 Å². The molecule has 0 spiro atoms. The van der Waals surface area contributed by atoms with Crippen LogP contribution < -0.4 is 0 Å². The number of hydrogen-bond acceptors (Lipinski definition) is 2. The van der Waals surface area contributed by atoms with Crippen molar-refractivity contribution in [2.24, 2.45) is 0 Å². The van der Waals surface area contributed by atoms with Crippen molar-refractivity contribution >= 4 is 16.8 Å². The van der Waals surface area contributed by atoms with Gasteiger partial charge in [0.1, 0.15) is 0 Å². The molecular weight excluding hydrogens is 162 g/mol. The van der Waals surface area contributed by atoms with Crippen LogP contribution in [0.5, 0.6) is 0 Å². The van der Waals surface area contributed by atoms with Crippen LogP contribution in [-0.2, 0) is 4.79 Å². The highest BCUT2D eigenvalue weighted by atomic mass is 35.5. The van der Waals surface area contributed by atoms with Crippen LogP contribution in [-0.4, -0.2) is 29.3 Å². The Kier molecular flexibility index (Phi) is 3.34. The SMILES string of the molecule is CC(C(=O)Cl)N1CCCCC1. The van der Waals surface area contributed by atoms with Crippen molar-refractivity contribution in [3.63, 3.8) is 0 Å². The summed E-state index contributed by atoms with van der Waals surface area (Å²) in [5.41, 5.74) is 0. The van der Waals surface area contributed by atoms with Gasteiger partial charge in [-0.3, -0.25) is 9.69 Å². The smallest absolute Gasteiger partial charge is 0.238 e. The first kappa shape index (κ1) is 9.01. The number of rotatable bonds is 2. The summed E-state index contributed by atoms with van der Waals surface area (Å²) in [6, 6.07) is -0.0861. The third kappa shape index (κ3) is 2.46. The number of likely N-dealkylation sites (tertiary alicyclic amines) is 1. The maximum atomic E-state index is 10.8. The third-order valence-electron chi connectivity index (χ3n) is 2.27. The molecule has 11 heavy (non-hydrogen) atoms. The normalized spacial score (nSPS) is 23.1. The Bertz CT molecular complexity index is 143. The standard InChI is InChI=1S/C8H14ClNO/c1-7(8(9)11)10-5-3-2-4-6-10/h7H,2-6H2,1H3. The molecule has 0 aromatic carbocycles. The van der Waals surface area contributed by atoms with E-state index < -0.39 is 0 Å². The molecule has 0 amide bonds. The van der Waals surface area contributed by atoms with Crippen molar-refractivity contribution in [2.75, 3.05) is 13.1 Å². The second-order valence-electron chi connectivity index (χ2n) is 3.08. The molecule has 0 aliphatic carbocycles. The molecular formula is C8H14ClNO. The third-order valence-corrected chi connectivity index (χ3v) is 2.58. The molecule has 0 aromatic heterocycles. The quantitative estimate of drug-likeness (QED) is 0.595. The van der Waals surface area contributed by atoms with Gasteiger partial charge >= 0.3 is 0 Å². The van der Waals surface area contributed by atoms with Crippen LogP contribution >= 0.6 is 11.6 Å². The lowest BCUT2D eigenvalue weighted by atomic mass is 10.1. The predicted octanol–water partition coefficient (Wildman–Crippen LogP) is 1.63. The minimum Gasteiger partial charge on any atom is -0.293 e. The van der Waals surface area contributed by atoms with Gasteiger partial charge in [0, 0.05) is 0 Å². The summed E-state index contributed by atoms with van der Waals surface area (Å²) in [4.78, 5) is 12.9. The fraction of sp³-hybridized carbons (Fsp3) is 0.875. The maximum absolute atomic E-state index is 10.8. The van der Waals surface area contributed by atoms with E-state index in [4.69, 9.17) is 11.6 Å². The molecule has 0 saturated carbocycles. The van der Waals surface area contributed by atoms with E-state index in [2.05, 4.69) is 4.90 Å². The van der Waals surface area contributed by atoms with Crippen molar-refractivity contribution in [2.45, 2.75) is 32.2 Å². The van der Waals surface area contributed by atoms with E-state index in [0.717, 1.165) is 13.1 Å². The zero-order valence-electron chi connectivity index (χ0n) is 6.85. The monoisotopic (exact) mass is 175 g/mol. The maximum Gasteiger partial charge on any atom is 0.238 e. The van der Waals surface area contributed by atoms with Gasteiger partial charge in [-0.25, -0.2) is 0 Å². The van der Waals surface area contributed by atoms with E-state index in [0.29, 0.717) is 0 Å². The fourth-order valence-corrected chi connectivity index (χ4v) is 1.59. The Hall–Kier alpha value is -0.0800. The molecule has 0 aromatic rings. The summed E-state index contributed by atoms with van der Waals surface area (Å²) >= 11 is 5.38. The summed E-state index contributed by atoms with van der Waals surface area (Å²) in [6.45, 7) is 3.93. The second kappa shape index (κ2) is 4.07. The molecule has 1 unspecified atom stereocenters. The average molecular weight is 176 g/mol. The van der Waals surface area contributed by atoms with E-state index in [1.807, 2.05) is 6.92 Å². The molecule has 1 aliphatic rings. The van der Waals surface area contributed by atoms with Gasteiger partial charge in [0.2, 0.25) is 5.24 Å². The molecule has 64 valence electrons. The molecule has 3 heteroatoms. The van der Waals surface area contributed by atoms with Gasteiger partial charge < -0.3 is 0 Å². The van der Waals surface area contributed by atoms with Crippen LogP contribution in [0.3, 0.4) is 0 Å². The minimum absolute atomic E-state index is 0.0861. The van der Waals surface area contributed by atoms with Crippen molar-refractivity contribution in [3.05, 3.63) is 0 Å². The number of carbonyl (C=O) groups is 1. The molecule has 1 aliphatic heterocycles. The van der Waals surface area contributed by atoms with Gasteiger partial charge in [-0.15, -0.1) is 0 Å². The summed E-state index contributed by atoms with van der Waals surface area (Å²) < 4.78 is 0. The highest BCUT2D eigenvalue weighted by molar-refractivity contribution is 6.64. The minimum atomic E-state index is -0.230. The fourth-order valence-electron chi connectivity index (χ4n) is 1.45. The summed E-state index contributed by atoms with van der Waals surface area (Å²) in [5, 5.41) is -0.230. The number of halogens is 1. The Morgan fingerprint density at radius 3 is 2.36 bits per heavy atom. The molecule has 2 nitrogen and oxygen atoms in total. The summed E-state index contributed by atoms with van der Waals surface area (Å²) in [7, 11) is 0. The van der Waals surface area contributed by atoms with Crippen molar-refractivity contribution < 1.29 is 4.79 Å². The van der Waals surface area contributed by atoms with Crippen molar-refractivity contribution in [3.8, 4) is 0 Å². The first-order valence-corrected chi connectivity index (χ1v) is 4.53. The molecule has 0 bridgehead atoms. The molecule has 0 radical (unpaired) electrons. The Labute approximate surface area is 72.5 Å². The van der Waals surface area contributed by atoms with E-state index >= 15 is 0 Å². The molecule has 1 saturated heterocycles. The predicted molar refractivity (Wildman–Crippen MR) is 45.7 cm³/mol. The number of piperidine rings is 1. The van der Waals surface area contributed by atoms with Crippen LogP contribution in [0, 0.1) is 0 Å². The molecule has 0 N–H and O–H groups in total. The number of nitrogens with zero attached hydrogens (tertiary/aromatic N) is 1. The topological polar surface area (TPSA) is 20.3 Å². The first-order valence-electron chi connectivity index (χ1n) is 4.15. The lowest BCUT2D eigenvalue weighted by molar-refractivity contribution is -0.116. The summed E-state index contributed by atoms with van der Waals surface area (Å²) in [5.74, 6) is 0. The van der Waals surface area contributed by atoms with E-state index in [-0.39, 0.29) is 11.3 Å². The molecule has 1 fully saturated rings. The van der Waals surface area contributed by atoms with Crippen LogP contribution in [0.25, 0.3) is 0 Å². The van der Waals surface area contributed by atoms with Gasteiger partial charge in [-0.2, -0.15) is 0 Å². The van der Waals surface area contributed by atoms with Gasteiger partial charge in [-0.1, -0.05) is 6.42 Å². The largest absolute Gasteiger partial charge is 0.293 e. The van der Waals surface area contributed by atoms with Crippen molar-refractivity contribution in [1.29, 1.82) is 0 Å².